The third-order valence-electron chi connectivity index (χ3n) is 5.38. The lowest BCUT2D eigenvalue weighted by Gasteiger charge is -2.36. The van der Waals surface area contributed by atoms with Crippen molar-refractivity contribution in [2.24, 2.45) is 0 Å². The summed E-state index contributed by atoms with van der Waals surface area (Å²) in [5.41, 5.74) is 2.89. The van der Waals surface area contributed by atoms with Gasteiger partial charge in [0.25, 0.3) is 0 Å². The molecule has 2 aliphatic heterocycles. The molecular weight excluding hydrogens is 361 g/mol. The van der Waals surface area contributed by atoms with Crippen molar-refractivity contribution in [1.82, 2.24) is 24.9 Å². The predicted molar refractivity (Wildman–Crippen MR) is 101 cm³/mol. The highest BCUT2D eigenvalue weighted by Gasteiger charge is 2.33. The first-order valence-corrected chi connectivity index (χ1v) is 9.57. The number of rotatable bonds is 4. The van der Waals surface area contributed by atoms with Crippen molar-refractivity contribution in [3.63, 3.8) is 0 Å². The van der Waals surface area contributed by atoms with E-state index >= 15 is 0 Å². The molecule has 3 heterocycles. The molecule has 1 N–H and O–H groups in total. The molecule has 1 aromatic heterocycles. The summed E-state index contributed by atoms with van der Waals surface area (Å²) in [6.45, 7) is 5.45. The maximum Gasteiger partial charge on any atom is 0.237 e. The second-order valence-corrected chi connectivity index (χ2v) is 7.42. The van der Waals surface area contributed by atoms with Gasteiger partial charge in [0, 0.05) is 26.2 Å². The number of carbonyl (C=O) groups is 2. The fourth-order valence-corrected chi connectivity index (χ4v) is 3.91. The minimum Gasteiger partial charge on any atom is -0.353 e. The Morgan fingerprint density at radius 2 is 2.04 bits per heavy atom. The summed E-state index contributed by atoms with van der Waals surface area (Å²) in [6.07, 6.45) is 0.139. The third kappa shape index (κ3) is 3.91. The molecule has 0 radical (unpaired) electrons. The molecule has 0 aliphatic carbocycles. The van der Waals surface area contributed by atoms with Gasteiger partial charge in [0.2, 0.25) is 11.8 Å². The first kappa shape index (κ1) is 18.6. The first-order chi connectivity index (χ1) is 13.5. The van der Waals surface area contributed by atoms with Crippen molar-refractivity contribution in [1.29, 1.82) is 0 Å². The Kier molecular flexibility index (Phi) is 5.13. The van der Waals surface area contributed by atoms with Gasteiger partial charge in [-0.3, -0.25) is 19.2 Å². The molecule has 1 fully saturated rings. The number of aryl methyl sites for hydroxylation is 1. The van der Waals surface area contributed by atoms with Gasteiger partial charge >= 0.3 is 0 Å². The van der Waals surface area contributed by atoms with Crippen LogP contribution in [-0.4, -0.2) is 57.1 Å². The summed E-state index contributed by atoms with van der Waals surface area (Å²) in [4.78, 5) is 29.2. The van der Waals surface area contributed by atoms with Crippen LogP contribution < -0.4 is 5.32 Å². The van der Waals surface area contributed by atoms with Crippen LogP contribution in [0, 0.1) is 12.7 Å². The lowest BCUT2D eigenvalue weighted by molar-refractivity contribution is -0.140. The highest BCUT2D eigenvalue weighted by molar-refractivity contribution is 5.88. The zero-order chi connectivity index (χ0) is 19.7. The van der Waals surface area contributed by atoms with E-state index in [9.17, 15) is 14.0 Å². The summed E-state index contributed by atoms with van der Waals surface area (Å²) in [5, 5.41) is 7.28. The Hall–Kier alpha value is -2.74. The van der Waals surface area contributed by atoms with Gasteiger partial charge in [-0.1, -0.05) is 12.1 Å². The van der Waals surface area contributed by atoms with E-state index in [4.69, 9.17) is 0 Å². The summed E-state index contributed by atoms with van der Waals surface area (Å²) >= 11 is 0. The van der Waals surface area contributed by atoms with Crippen LogP contribution in [0.1, 0.15) is 23.4 Å². The summed E-state index contributed by atoms with van der Waals surface area (Å²) in [6, 6.07) is 7.74. The monoisotopic (exact) mass is 385 g/mol. The van der Waals surface area contributed by atoms with E-state index in [1.807, 2.05) is 22.6 Å². The largest absolute Gasteiger partial charge is 0.353 e. The van der Waals surface area contributed by atoms with Crippen LogP contribution in [0.15, 0.2) is 30.3 Å². The van der Waals surface area contributed by atoms with E-state index in [0.717, 1.165) is 17.0 Å². The molecule has 1 saturated heterocycles. The lowest BCUT2D eigenvalue weighted by atomic mass is 10.1. The van der Waals surface area contributed by atoms with Gasteiger partial charge in [-0.25, -0.2) is 4.39 Å². The van der Waals surface area contributed by atoms with Gasteiger partial charge in [-0.05, 0) is 30.7 Å². The second kappa shape index (κ2) is 7.71. The molecule has 1 atom stereocenters. The van der Waals surface area contributed by atoms with E-state index in [2.05, 4.69) is 10.4 Å². The van der Waals surface area contributed by atoms with Crippen LogP contribution in [-0.2, 0) is 29.2 Å². The molecular formula is C20H24FN5O2. The van der Waals surface area contributed by atoms with Crippen LogP contribution >= 0.6 is 0 Å². The van der Waals surface area contributed by atoms with Crippen molar-refractivity contribution < 1.29 is 14.0 Å². The normalized spacial score (nSPS) is 20.0. The zero-order valence-corrected chi connectivity index (χ0v) is 15.9. The van der Waals surface area contributed by atoms with Gasteiger partial charge in [0.1, 0.15) is 5.82 Å². The minimum absolute atomic E-state index is 0.0312. The molecule has 1 aromatic carbocycles. The highest BCUT2D eigenvalue weighted by atomic mass is 19.1. The lowest BCUT2D eigenvalue weighted by Crippen LogP contribution is -2.56. The standard InChI is InChI=1S/C20H24FN5O2/c1-14-10-17-13-25(8-9-26(17)23-14)19(27)11-18-20(28)22-6-7-24(18)12-15-2-4-16(21)5-3-15/h2-5,10,18H,6-9,11-13H2,1H3,(H,22,28)/t18-/m1/s1. The maximum absolute atomic E-state index is 13.2. The van der Waals surface area contributed by atoms with Gasteiger partial charge in [0.15, 0.2) is 0 Å². The van der Waals surface area contributed by atoms with Crippen LogP contribution in [0.4, 0.5) is 4.39 Å². The molecule has 2 amide bonds. The predicted octanol–water partition coefficient (Wildman–Crippen LogP) is 1.06. The summed E-state index contributed by atoms with van der Waals surface area (Å²) in [5.74, 6) is -0.442. The van der Waals surface area contributed by atoms with Crippen molar-refractivity contribution in [2.45, 2.75) is 39.0 Å². The van der Waals surface area contributed by atoms with Gasteiger partial charge in [-0.2, -0.15) is 5.10 Å². The fraction of sp³-hybridized carbons (Fsp3) is 0.450. The first-order valence-electron chi connectivity index (χ1n) is 9.57. The summed E-state index contributed by atoms with van der Waals surface area (Å²) in [7, 11) is 0. The minimum atomic E-state index is -0.514. The van der Waals surface area contributed by atoms with Crippen molar-refractivity contribution in [2.75, 3.05) is 19.6 Å². The molecule has 8 heteroatoms. The molecule has 2 aromatic rings. The Labute approximate surface area is 163 Å². The Bertz CT molecular complexity index is 879. The summed E-state index contributed by atoms with van der Waals surface area (Å²) < 4.78 is 15.1. The molecule has 0 saturated carbocycles. The van der Waals surface area contributed by atoms with Crippen molar-refractivity contribution in [3.05, 3.63) is 53.1 Å². The zero-order valence-electron chi connectivity index (χ0n) is 15.9. The number of hydrogen-bond donors (Lipinski definition) is 1. The number of nitrogens with zero attached hydrogens (tertiary/aromatic N) is 4. The number of piperazine rings is 1. The highest BCUT2D eigenvalue weighted by Crippen LogP contribution is 2.18. The van der Waals surface area contributed by atoms with E-state index in [-0.39, 0.29) is 24.1 Å². The van der Waals surface area contributed by atoms with E-state index in [0.29, 0.717) is 39.3 Å². The molecule has 0 unspecified atom stereocenters. The van der Waals surface area contributed by atoms with Crippen molar-refractivity contribution >= 4 is 11.8 Å². The SMILES string of the molecule is Cc1cc2n(n1)CCN(C(=O)C[C@@H]1C(=O)NCCN1Cc1ccc(F)cc1)C2. The Morgan fingerprint density at radius 1 is 1.25 bits per heavy atom. The maximum atomic E-state index is 13.2. The average molecular weight is 385 g/mol. The molecule has 148 valence electrons. The number of fused-ring (bicyclic) bond motifs is 1. The van der Waals surface area contributed by atoms with Crippen LogP contribution in [0.3, 0.4) is 0 Å². The van der Waals surface area contributed by atoms with Crippen molar-refractivity contribution in [3.8, 4) is 0 Å². The topological polar surface area (TPSA) is 70.5 Å². The molecule has 7 nitrogen and oxygen atoms in total. The molecule has 4 rings (SSSR count). The number of carbonyl (C=O) groups excluding carboxylic acids is 2. The van der Waals surface area contributed by atoms with E-state index in [1.165, 1.54) is 12.1 Å². The average Bonchev–Trinajstić information content (AvgIpc) is 3.05. The van der Waals surface area contributed by atoms with Gasteiger partial charge in [0.05, 0.1) is 36.9 Å². The van der Waals surface area contributed by atoms with Gasteiger partial charge in [-0.15, -0.1) is 0 Å². The Morgan fingerprint density at radius 3 is 2.82 bits per heavy atom. The quantitative estimate of drug-likeness (QED) is 0.855. The molecule has 0 bridgehead atoms. The molecule has 28 heavy (non-hydrogen) atoms. The number of benzene rings is 1. The van der Waals surface area contributed by atoms with E-state index < -0.39 is 6.04 Å². The third-order valence-corrected chi connectivity index (χ3v) is 5.38. The van der Waals surface area contributed by atoms with Crippen LogP contribution in [0.2, 0.25) is 0 Å². The number of hydrogen-bond acceptors (Lipinski definition) is 4. The molecule has 2 aliphatic rings. The second-order valence-electron chi connectivity index (χ2n) is 7.42. The van der Waals surface area contributed by atoms with E-state index in [1.54, 1.807) is 17.0 Å². The number of nitrogens with one attached hydrogen (secondary N) is 1. The number of halogens is 1. The number of amides is 2. The van der Waals surface area contributed by atoms with Crippen LogP contribution in [0.25, 0.3) is 0 Å². The smallest absolute Gasteiger partial charge is 0.237 e. The molecule has 0 spiro atoms. The fourth-order valence-electron chi connectivity index (χ4n) is 3.91. The number of aromatic nitrogens is 2. The van der Waals surface area contributed by atoms with Crippen LogP contribution in [0.5, 0.6) is 0 Å². The van der Waals surface area contributed by atoms with Gasteiger partial charge < -0.3 is 10.2 Å². The Balaban J connectivity index is 1.43.